The van der Waals surface area contributed by atoms with Crippen molar-refractivity contribution in [2.75, 3.05) is 0 Å². The first-order chi connectivity index (χ1) is 8.27. The van der Waals surface area contributed by atoms with E-state index in [-0.39, 0.29) is 18.9 Å². The fourth-order valence-electron chi connectivity index (χ4n) is 2.51. The molecule has 3 rings (SSSR count). The Morgan fingerprint density at radius 1 is 0.778 bits per heavy atom. The van der Waals surface area contributed by atoms with Gasteiger partial charge in [0.1, 0.15) is 0 Å². The largest absolute Gasteiger partial charge is 1.00 e. The Morgan fingerprint density at radius 3 is 2.17 bits per heavy atom. The van der Waals surface area contributed by atoms with Crippen molar-refractivity contribution in [3.8, 4) is 11.1 Å². The summed E-state index contributed by atoms with van der Waals surface area (Å²) in [6, 6.07) is 19.5. The SMILES string of the molecule is Cc1ccc(C)c2c1cc[c-]2-c1ccccc1.[Li+]. The molecule has 0 aliphatic rings. The van der Waals surface area contributed by atoms with Crippen molar-refractivity contribution in [1.29, 1.82) is 0 Å². The van der Waals surface area contributed by atoms with Gasteiger partial charge in [0.05, 0.1) is 0 Å². The summed E-state index contributed by atoms with van der Waals surface area (Å²) < 4.78 is 0. The Hall–Kier alpha value is -1.35. The van der Waals surface area contributed by atoms with Crippen LogP contribution in [0.2, 0.25) is 0 Å². The summed E-state index contributed by atoms with van der Waals surface area (Å²) in [6.07, 6.45) is 0. The Balaban J connectivity index is 0.00000120. The maximum Gasteiger partial charge on any atom is 1.00 e. The summed E-state index contributed by atoms with van der Waals surface area (Å²) in [6.45, 7) is 4.37. The van der Waals surface area contributed by atoms with Crippen LogP contribution in [0, 0.1) is 13.8 Å². The maximum absolute atomic E-state index is 2.24. The minimum absolute atomic E-state index is 0. The number of hydrogen-bond acceptors (Lipinski definition) is 0. The van der Waals surface area contributed by atoms with Crippen molar-refractivity contribution in [1.82, 2.24) is 0 Å². The quantitative estimate of drug-likeness (QED) is 0.439. The molecule has 0 nitrogen and oxygen atoms in total. The van der Waals surface area contributed by atoms with Gasteiger partial charge in [-0.1, -0.05) is 64.7 Å². The zero-order valence-corrected chi connectivity index (χ0v) is 11.2. The Bertz CT molecular complexity index is 663. The number of benzene rings is 2. The zero-order chi connectivity index (χ0) is 11.8. The van der Waals surface area contributed by atoms with Gasteiger partial charge in [-0.2, -0.15) is 0 Å². The number of rotatable bonds is 1. The minimum atomic E-state index is 0. The van der Waals surface area contributed by atoms with E-state index >= 15 is 0 Å². The number of fused-ring (bicyclic) bond motifs is 1. The van der Waals surface area contributed by atoms with Crippen LogP contribution < -0.4 is 18.9 Å². The zero-order valence-electron chi connectivity index (χ0n) is 11.2. The standard InChI is InChI=1S/C17H15.Li/c1-12-8-9-13(2)17-15(12)10-11-16(17)14-6-4-3-5-7-14;/h3-11H,1-2H3;/q-1;+1. The van der Waals surface area contributed by atoms with Gasteiger partial charge in [0.25, 0.3) is 0 Å². The molecule has 0 atom stereocenters. The molecule has 0 bridgehead atoms. The van der Waals surface area contributed by atoms with Crippen molar-refractivity contribution in [2.45, 2.75) is 13.8 Å². The van der Waals surface area contributed by atoms with E-state index in [1.165, 1.54) is 33.0 Å². The molecule has 1 heteroatoms. The summed E-state index contributed by atoms with van der Waals surface area (Å²) in [4.78, 5) is 0. The van der Waals surface area contributed by atoms with Crippen LogP contribution in [0.3, 0.4) is 0 Å². The second-order valence-electron chi connectivity index (χ2n) is 4.60. The third-order valence-corrected chi connectivity index (χ3v) is 3.44. The molecule has 0 unspecified atom stereocenters. The van der Waals surface area contributed by atoms with E-state index in [0.29, 0.717) is 0 Å². The third-order valence-electron chi connectivity index (χ3n) is 3.44. The van der Waals surface area contributed by atoms with Gasteiger partial charge in [0, 0.05) is 0 Å². The predicted octanol–water partition coefficient (Wildman–Crippen LogP) is 1.85. The van der Waals surface area contributed by atoms with Crippen molar-refractivity contribution in [3.05, 3.63) is 65.7 Å². The summed E-state index contributed by atoms with van der Waals surface area (Å²) in [5, 5.41) is 2.78. The van der Waals surface area contributed by atoms with Crippen LogP contribution in [-0.4, -0.2) is 0 Å². The summed E-state index contributed by atoms with van der Waals surface area (Å²) >= 11 is 0. The van der Waals surface area contributed by atoms with Gasteiger partial charge in [-0.3, -0.25) is 0 Å². The average Bonchev–Trinajstić information content (AvgIpc) is 2.81. The van der Waals surface area contributed by atoms with Crippen LogP contribution in [0.4, 0.5) is 0 Å². The second-order valence-corrected chi connectivity index (χ2v) is 4.60. The normalized spacial score (nSPS) is 10.3. The molecule has 0 radical (unpaired) electrons. The van der Waals surface area contributed by atoms with Crippen LogP contribution in [0.25, 0.3) is 21.9 Å². The predicted molar refractivity (Wildman–Crippen MR) is 74.5 cm³/mol. The maximum atomic E-state index is 2.24. The van der Waals surface area contributed by atoms with E-state index in [0.717, 1.165) is 0 Å². The molecule has 18 heavy (non-hydrogen) atoms. The van der Waals surface area contributed by atoms with E-state index in [4.69, 9.17) is 0 Å². The molecule has 3 aromatic rings. The van der Waals surface area contributed by atoms with Gasteiger partial charge < -0.3 is 0 Å². The van der Waals surface area contributed by atoms with E-state index in [1.54, 1.807) is 0 Å². The topological polar surface area (TPSA) is 0 Å². The van der Waals surface area contributed by atoms with Crippen LogP contribution >= 0.6 is 0 Å². The molecule has 0 fully saturated rings. The number of hydrogen-bond donors (Lipinski definition) is 0. The molecule has 0 saturated heterocycles. The van der Waals surface area contributed by atoms with E-state index in [1.807, 2.05) is 0 Å². The smallest absolute Gasteiger partial charge is 0.129 e. The fraction of sp³-hybridized carbons (Fsp3) is 0.118. The van der Waals surface area contributed by atoms with E-state index in [9.17, 15) is 0 Å². The molecule has 3 aromatic carbocycles. The first-order valence-corrected chi connectivity index (χ1v) is 5.98. The molecule has 0 aliphatic carbocycles. The summed E-state index contributed by atoms with van der Waals surface area (Å²) in [5.41, 5.74) is 5.36. The van der Waals surface area contributed by atoms with Crippen molar-refractivity contribution in [3.63, 3.8) is 0 Å². The Morgan fingerprint density at radius 2 is 1.44 bits per heavy atom. The van der Waals surface area contributed by atoms with Crippen molar-refractivity contribution in [2.24, 2.45) is 0 Å². The van der Waals surface area contributed by atoms with Crippen LogP contribution in [-0.2, 0) is 0 Å². The monoisotopic (exact) mass is 226 g/mol. The van der Waals surface area contributed by atoms with Gasteiger partial charge in [0.15, 0.2) is 0 Å². The molecule has 0 N–H and O–H groups in total. The molecular weight excluding hydrogens is 211 g/mol. The minimum Gasteiger partial charge on any atom is -0.129 e. The third kappa shape index (κ3) is 2.03. The molecule has 0 amide bonds. The molecule has 0 aromatic heterocycles. The second kappa shape index (κ2) is 5.10. The summed E-state index contributed by atoms with van der Waals surface area (Å²) in [5.74, 6) is 0. The average molecular weight is 226 g/mol. The first kappa shape index (κ1) is 13.1. The van der Waals surface area contributed by atoms with Crippen molar-refractivity contribution >= 4 is 10.8 Å². The fourth-order valence-corrected chi connectivity index (χ4v) is 2.51. The molecule has 0 saturated carbocycles. The summed E-state index contributed by atoms with van der Waals surface area (Å²) in [7, 11) is 0. The first-order valence-electron chi connectivity index (χ1n) is 5.98. The molecule has 0 heterocycles. The molecule has 0 spiro atoms. The van der Waals surface area contributed by atoms with Gasteiger partial charge in [-0.25, -0.2) is 0 Å². The Kier molecular flexibility index (Phi) is 3.71. The van der Waals surface area contributed by atoms with Crippen LogP contribution in [0.15, 0.2) is 54.6 Å². The number of aryl methyl sites for hydroxylation is 2. The molecule has 84 valence electrons. The van der Waals surface area contributed by atoms with Crippen LogP contribution in [0.1, 0.15) is 11.1 Å². The van der Waals surface area contributed by atoms with E-state index in [2.05, 4.69) is 68.4 Å². The van der Waals surface area contributed by atoms with Gasteiger partial charge in [0.2, 0.25) is 0 Å². The molecule has 0 aliphatic heterocycles. The van der Waals surface area contributed by atoms with Crippen molar-refractivity contribution < 1.29 is 18.9 Å². The van der Waals surface area contributed by atoms with Crippen LogP contribution in [0.5, 0.6) is 0 Å². The van der Waals surface area contributed by atoms with E-state index < -0.39 is 0 Å². The van der Waals surface area contributed by atoms with Gasteiger partial charge in [-0.15, -0.1) is 29.8 Å². The van der Waals surface area contributed by atoms with Gasteiger partial charge in [-0.05, 0) is 6.92 Å². The molecular formula is C17H15Li. The van der Waals surface area contributed by atoms with Gasteiger partial charge >= 0.3 is 18.9 Å². The Labute approximate surface area is 120 Å².